The fraction of sp³-hybridized carbons (Fsp3) is 0.667. The molecule has 1 aromatic heterocycles. The lowest BCUT2D eigenvalue weighted by molar-refractivity contribution is 0.580. The van der Waals surface area contributed by atoms with Gasteiger partial charge in [0.05, 0.1) is 12.3 Å². The molecule has 1 heterocycles. The quantitative estimate of drug-likeness (QED) is 0.799. The average Bonchev–Trinajstić information content (AvgIpc) is 2.37. The Labute approximate surface area is 89.0 Å². The van der Waals surface area contributed by atoms with E-state index in [1.807, 2.05) is 13.8 Å². The maximum atomic E-state index is 11.7. The molecule has 0 saturated carbocycles. The largest absolute Gasteiger partial charge is 0.300 e. The first-order valence-electron chi connectivity index (χ1n) is 4.81. The van der Waals surface area contributed by atoms with E-state index in [9.17, 15) is 13.2 Å². The molecule has 1 aromatic rings. The summed E-state index contributed by atoms with van der Waals surface area (Å²) in [6.07, 6.45) is 1.82. The van der Waals surface area contributed by atoms with Gasteiger partial charge in [0.25, 0.3) is 5.56 Å². The predicted octanol–water partition coefficient (Wildman–Crippen LogP) is 0.0918. The zero-order valence-corrected chi connectivity index (χ0v) is 10.0. The number of hydrogen-bond donors (Lipinski definition) is 1. The molecule has 0 amide bonds. The van der Waals surface area contributed by atoms with Gasteiger partial charge in [-0.15, -0.1) is 0 Å². The Balaban J connectivity index is 2.93. The summed E-state index contributed by atoms with van der Waals surface area (Å²) in [7, 11) is -3.03. The summed E-state index contributed by atoms with van der Waals surface area (Å²) in [5, 5.41) is 2.88. The molecule has 0 saturated heterocycles. The zero-order valence-electron chi connectivity index (χ0n) is 9.20. The van der Waals surface area contributed by atoms with Gasteiger partial charge in [-0.05, 0) is 13.3 Å². The number of aryl methyl sites for hydroxylation is 2. The molecule has 6 heteroatoms. The Kier molecular flexibility index (Phi) is 3.38. The van der Waals surface area contributed by atoms with Gasteiger partial charge >= 0.3 is 0 Å². The monoisotopic (exact) mass is 232 g/mol. The van der Waals surface area contributed by atoms with Crippen LogP contribution in [-0.4, -0.2) is 30.2 Å². The maximum Gasteiger partial charge on any atom is 0.269 e. The minimum absolute atomic E-state index is 0.0178. The van der Waals surface area contributed by atoms with Crippen LogP contribution >= 0.6 is 0 Å². The van der Waals surface area contributed by atoms with Gasteiger partial charge in [-0.2, -0.15) is 0 Å². The van der Waals surface area contributed by atoms with E-state index in [0.717, 1.165) is 17.5 Å². The molecule has 0 atom stereocenters. The lowest BCUT2D eigenvalue weighted by Crippen LogP contribution is -2.23. The minimum Gasteiger partial charge on any atom is -0.300 e. The third-order valence-corrected chi connectivity index (χ3v) is 3.22. The Bertz CT molecular complexity index is 496. The Morgan fingerprint density at radius 2 is 2.00 bits per heavy atom. The van der Waals surface area contributed by atoms with Crippen molar-refractivity contribution in [1.29, 1.82) is 0 Å². The van der Waals surface area contributed by atoms with Crippen LogP contribution in [0.4, 0.5) is 0 Å². The summed E-state index contributed by atoms with van der Waals surface area (Å²) in [6.45, 7) is 3.91. The smallest absolute Gasteiger partial charge is 0.269 e. The molecule has 0 aromatic carbocycles. The van der Waals surface area contributed by atoms with Crippen molar-refractivity contribution in [1.82, 2.24) is 9.78 Å². The van der Waals surface area contributed by atoms with E-state index in [2.05, 4.69) is 5.10 Å². The van der Waals surface area contributed by atoms with Crippen LogP contribution in [0.25, 0.3) is 0 Å². The molecule has 0 radical (unpaired) electrons. The lowest BCUT2D eigenvalue weighted by atomic mass is 10.2. The summed E-state index contributed by atoms with van der Waals surface area (Å²) < 4.78 is 23.3. The van der Waals surface area contributed by atoms with E-state index in [4.69, 9.17) is 0 Å². The van der Waals surface area contributed by atoms with Crippen LogP contribution in [0.1, 0.15) is 18.2 Å². The molecule has 0 aliphatic heterocycles. The van der Waals surface area contributed by atoms with Crippen molar-refractivity contribution in [3.63, 3.8) is 0 Å². The maximum absolute atomic E-state index is 11.7. The molecule has 0 bridgehead atoms. The van der Waals surface area contributed by atoms with Crippen molar-refractivity contribution in [2.75, 3.05) is 12.0 Å². The Hall–Kier alpha value is -1.04. The van der Waals surface area contributed by atoms with Gasteiger partial charge in [0.15, 0.2) is 0 Å². The standard InChI is InChI=1S/C9H16N2O3S/c1-4-8-7(2)10-11(9(8)12)5-6-15(3,13)14/h10H,4-6H2,1-3H3. The number of aromatic nitrogens is 2. The second kappa shape index (κ2) is 4.22. The molecule has 0 spiro atoms. The molecule has 0 aliphatic rings. The number of hydrogen-bond acceptors (Lipinski definition) is 3. The van der Waals surface area contributed by atoms with Crippen LogP contribution < -0.4 is 5.56 Å². The highest BCUT2D eigenvalue weighted by atomic mass is 32.2. The average molecular weight is 232 g/mol. The molecular weight excluding hydrogens is 216 g/mol. The first-order chi connectivity index (χ1) is 6.85. The third kappa shape index (κ3) is 2.95. The van der Waals surface area contributed by atoms with Crippen molar-refractivity contribution in [3.8, 4) is 0 Å². The number of H-pyrrole nitrogens is 1. The van der Waals surface area contributed by atoms with E-state index in [-0.39, 0.29) is 17.9 Å². The van der Waals surface area contributed by atoms with Crippen LogP contribution in [0.2, 0.25) is 0 Å². The van der Waals surface area contributed by atoms with Crippen molar-refractivity contribution >= 4 is 9.84 Å². The van der Waals surface area contributed by atoms with Crippen LogP contribution in [0.15, 0.2) is 4.79 Å². The molecule has 0 unspecified atom stereocenters. The molecule has 1 N–H and O–H groups in total. The highest BCUT2D eigenvalue weighted by Gasteiger charge is 2.10. The SMILES string of the molecule is CCc1c(C)[nH]n(CCS(C)(=O)=O)c1=O. The van der Waals surface area contributed by atoms with Gasteiger partial charge in [0.2, 0.25) is 0 Å². The number of rotatable bonds is 4. The normalized spacial score (nSPS) is 11.9. The van der Waals surface area contributed by atoms with Gasteiger partial charge in [-0.25, -0.2) is 8.42 Å². The first-order valence-corrected chi connectivity index (χ1v) is 6.87. The van der Waals surface area contributed by atoms with E-state index in [1.54, 1.807) is 0 Å². The molecular formula is C9H16N2O3S. The van der Waals surface area contributed by atoms with Crippen molar-refractivity contribution in [2.45, 2.75) is 26.8 Å². The first kappa shape index (κ1) is 12.0. The molecule has 0 fully saturated rings. The van der Waals surface area contributed by atoms with Crippen LogP contribution in [-0.2, 0) is 22.8 Å². The number of sulfone groups is 1. The predicted molar refractivity (Wildman–Crippen MR) is 58.9 cm³/mol. The van der Waals surface area contributed by atoms with E-state index >= 15 is 0 Å². The molecule has 0 aliphatic carbocycles. The Morgan fingerprint density at radius 1 is 1.40 bits per heavy atom. The van der Waals surface area contributed by atoms with Crippen LogP contribution in [0, 0.1) is 6.92 Å². The summed E-state index contributed by atoms with van der Waals surface area (Å²) in [6, 6.07) is 0. The topological polar surface area (TPSA) is 71.9 Å². The minimum atomic E-state index is -3.03. The lowest BCUT2D eigenvalue weighted by Gasteiger charge is -1.99. The molecule has 1 rings (SSSR count). The van der Waals surface area contributed by atoms with Crippen molar-refractivity contribution in [3.05, 3.63) is 21.6 Å². The van der Waals surface area contributed by atoms with Gasteiger partial charge in [0.1, 0.15) is 9.84 Å². The van der Waals surface area contributed by atoms with E-state index < -0.39 is 9.84 Å². The highest BCUT2D eigenvalue weighted by Crippen LogP contribution is 1.99. The summed E-state index contributed by atoms with van der Waals surface area (Å²) in [5.41, 5.74) is 1.43. The summed E-state index contributed by atoms with van der Waals surface area (Å²) in [5.74, 6) is -0.0178. The summed E-state index contributed by atoms with van der Waals surface area (Å²) in [4.78, 5) is 11.7. The molecule has 86 valence electrons. The van der Waals surface area contributed by atoms with E-state index in [0.29, 0.717) is 6.42 Å². The van der Waals surface area contributed by atoms with Crippen LogP contribution in [0.3, 0.4) is 0 Å². The number of nitrogens with one attached hydrogen (secondary N) is 1. The van der Waals surface area contributed by atoms with Gasteiger partial charge < -0.3 is 0 Å². The van der Waals surface area contributed by atoms with Gasteiger partial charge in [-0.3, -0.25) is 14.6 Å². The number of nitrogens with zero attached hydrogens (tertiary/aromatic N) is 1. The summed E-state index contributed by atoms with van der Waals surface area (Å²) >= 11 is 0. The molecule has 5 nitrogen and oxygen atoms in total. The molecule has 15 heavy (non-hydrogen) atoms. The third-order valence-electron chi connectivity index (χ3n) is 2.30. The highest BCUT2D eigenvalue weighted by molar-refractivity contribution is 7.90. The van der Waals surface area contributed by atoms with Crippen molar-refractivity contribution in [2.24, 2.45) is 0 Å². The fourth-order valence-electron chi connectivity index (χ4n) is 1.47. The number of aromatic amines is 1. The Morgan fingerprint density at radius 3 is 2.40 bits per heavy atom. The van der Waals surface area contributed by atoms with Gasteiger partial charge in [-0.1, -0.05) is 6.92 Å². The van der Waals surface area contributed by atoms with Crippen LogP contribution in [0.5, 0.6) is 0 Å². The fourth-order valence-corrected chi connectivity index (χ4v) is 1.99. The second-order valence-electron chi connectivity index (χ2n) is 3.66. The van der Waals surface area contributed by atoms with E-state index in [1.165, 1.54) is 4.68 Å². The van der Waals surface area contributed by atoms with Crippen molar-refractivity contribution < 1.29 is 8.42 Å². The second-order valence-corrected chi connectivity index (χ2v) is 5.92. The zero-order chi connectivity index (χ0) is 11.6. The van der Waals surface area contributed by atoms with Gasteiger partial charge in [0, 0.05) is 17.5 Å².